The van der Waals surface area contributed by atoms with Gasteiger partial charge in [-0.1, -0.05) is 0 Å². The van der Waals surface area contributed by atoms with Crippen LogP contribution in [0.15, 0.2) is 0 Å². The van der Waals surface area contributed by atoms with Gasteiger partial charge in [-0.05, 0) is 13.8 Å². The summed E-state index contributed by atoms with van der Waals surface area (Å²) in [5.74, 6) is 0. The molecule has 0 spiro atoms. The second kappa shape index (κ2) is 3.68. The Morgan fingerprint density at radius 3 is 3.18 bits per heavy atom. The Balaban J connectivity index is 2.46. The number of hydrogen-bond donors (Lipinski definition) is 1. The molecule has 1 heterocycles. The van der Waals surface area contributed by atoms with E-state index in [0.29, 0.717) is 6.42 Å². The third kappa shape index (κ3) is 2.56. The summed E-state index contributed by atoms with van der Waals surface area (Å²) in [7, 11) is -2.90. The maximum atomic E-state index is 10.4. The molecular weight excluding hydrogens is 167 g/mol. The second-order valence-electron chi connectivity index (χ2n) is 2.64. The summed E-state index contributed by atoms with van der Waals surface area (Å²) in [6.07, 6.45) is -0.109. The molecule has 1 aliphatic heterocycles. The van der Waals surface area contributed by atoms with E-state index >= 15 is 0 Å². The van der Waals surface area contributed by atoms with Gasteiger partial charge in [0.25, 0.3) is 0 Å². The van der Waals surface area contributed by atoms with Crippen LogP contribution in [-0.2, 0) is 13.8 Å². The van der Waals surface area contributed by atoms with Gasteiger partial charge in [-0.2, -0.15) is 0 Å². The highest BCUT2D eigenvalue weighted by Gasteiger charge is 2.31. The minimum atomic E-state index is -2.90. The van der Waals surface area contributed by atoms with Gasteiger partial charge >= 0.3 is 8.25 Å². The number of rotatable bonds is 2. The van der Waals surface area contributed by atoms with E-state index in [1.807, 2.05) is 6.92 Å². The van der Waals surface area contributed by atoms with Crippen LogP contribution in [0.2, 0.25) is 0 Å². The zero-order valence-corrected chi connectivity index (χ0v) is 7.32. The van der Waals surface area contributed by atoms with Crippen LogP contribution in [0, 0.1) is 0 Å². The van der Waals surface area contributed by atoms with Crippen LogP contribution in [0.3, 0.4) is 0 Å². The van der Waals surface area contributed by atoms with Crippen molar-refractivity contribution in [3.05, 3.63) is 0 Å². The van der Waals surface area contributed by atoms with Gasteiger partial charge < -0.3 is 14.2 Å². The average Bonchev–Trinajstić information content (AvgIpc) is 2.29. The van der Waals surface area contributed by atoms with Gasteiger partial charge in [-0.25, -0.2) is 0 Å². The second-order valence-corrected chi connectivity index (χ2v) is 3.41. The van der Waals surface area contributed by atoms with Gasteiger partial charge in [-0.15, -0.1) is 0 Å². The molecule has 0 aliphatic carbocycles. The molecule has 11 heavy (non-hydrogen) atoms. The van der Waals surface area contributed by atoms with Crippen molar-refractivity contribution in [1.82, 2.24) is 0 Å². The molecule has 0 bridgehead atoms. The molecule has 0 aromatic rings. The van der Waals surface area contributed by atoms with Crippen molar-refractivity contribution >= 4 is 8.25 Å². The van der Waals surface area contributed by atoms with Crippen LogP contribution in [0.1, 0.15) is 21.6 Å². The summed E-state index contributed by atoms with van der Waals surface area (Å²) in [4.78, 5) is 8.52. The van der Waals surface area contributed by atoms with E-state index in [2.05, 4.69) is 0 Å². The largest absolute Gasteiger partial charge is 0.373 e. The lowest BCUT2D eigenvalue weighted by Gasteiger charge is -2.11. The van der Waals surface area contributed by atoms with Gasteiger partial charge in [-0.3, -0.25) is 4.57 Å². The molecule has 1 saturated heterocycles. The molecule has 5 heteroatoms. The molecule has 1 aliphatic rings. The topological polar surface area (TPSA) is 55.8 Å². The van der Waals surface area contributed by atoms with E-state index in [-0.39, 0.29) is 25.2 Å². The summed E-state index contributed by atoms with van der Waals surface area (Å²) in [6.45, 7) is 1.94. The quantitative estimate of drug-likeness (QED) is 0.644. The monoisotopic (exact) mass is 181 g/mol. The normalized spacial score (nSPS) is 42.0. The maximum absolute atomic E-state index is 10.4. The summed E-state index contributed by atoms with van der Waals surface area (Å²) < 4.78 is 27.5. The molecule has 1 rings (SSSR count). The van der Waals surface area contributed by atoms with Gasteiger partial charge in [0, 0.05) is 7.79 Å². The number of hydrogen-bond acceptors (Lipinski definition) is 3. The van der Waals surface area contributed by atoms with Crippen LogP contribution in [0.25, 0.3) is 0 Å². The van der Waals surface area contributed by atoms with Crippen molar-refractivity contribution in [2.75, 3.05) is 0 Å². The summed E-state index contributed by atoms with van der Waals surface area (Å²) in [5, 5.41) is 0. The van der Waals surface area contributed by atoms with Gasteiger partial charge in [0.2, 0.25) is 0 Å². The molecule has 0 amide bonds. The Morgan fingerprint density at radius 2 is 2.64 bits per heavy atom. The first-order chi connectivity index (χ1) is 5.63. The standard InChI is InChI=1S/C6H13O4P/c1-4-3-6(5(2)9-4)10-11(7)8/h4-6,11H,3H2,1-2H3,(H,7,8)/i2D. The smallest absolute Gasteiger partial charge is 0.316 e. The highest BCUT2D eigenvalue weighted by atomic mass is 31.1. The van der Waals surface area contributed by atoms with E-state index in [9.17, 15) is 4.57 Å². The van der Waals surface area contributed by atoms with Crippen LogP contribution in [-0.4, -0.2) is 23.2 Å². The van der Waals surface area contributed by atoms with E-state index < -0.39 is 8.25 Å². The lowest BCUT2D eigenvalue weighted by Crippen LogP contribution is -2.17. The molecule has 4 atom stereocenters. The Bertz CT molecular complexity index is 177. The van der Waals surface area contributed by atoms with Crippen LogP contribution >= 0.6 is 8.25 Å². The third-order valence-electron chi connectivity index (χ3n) is 1.64. The van der Waals surface area contributed by atoms with Crippen molar-refractivity contribution in [2.45, 2.75) is 38.6 Å². The molecule has 4 nitrogen and oxygen atoms in total. The lowest BCUT2D eigenvalue weighted by atomic mass is 10.2. The fourth-order valence-corrected chi connectivity index (χ4v) is 1.68. The fraction of sp³-hybridized carbons (Fsp3) is 1.00. The highest BCUT2D eigenvalue weighted by Crippen LogP contribution is 2.29. The number of ether oxygens (including phenoxy) is 1. The molecule has 4 unspecified atom stereocenters. The first kappa shape index (κ1) is 7.74. The zero-order chi connectivity index (χ0) is 9.14. The first-order valence-electron chi connectivity index (χ1n) is 4.18. The minimum absolute atomic E-state index is 0.0201. The Kier molecular flexibility index (Phi) is 2.59. The fourth-order valence-electron chi connectivity index (χ4n) is 1.17. The van der Waals surface area contributed by atoms with E-state index in [0.717, 1.165) is 0 Å². The van der Waals surface area contributed by atoms with Crippen molar-refractivity contribution in [1.29, 1.82) is 0 Å². The molecular formula is C6H13O4P. The summed E-state index contributed by atoms with van der Waals surface area (Å²) in [5.41, 5.74) is 0. The van der Waals surface area contributed by atoms with Gasteiger partial charge in [0.15, 0.2) is 0 Å². The highest BCUT2D eigenvalue weighted by molar-refractivity contribution is 7.32. The predicted octanol–water partition coefficient (Wildman–Crippen LogP) is 0.951. The zero-order valence-electron chi connectivity index (χ0n) is 7.32. The third-order valence-corrected chi connectivity index (χ3v) is 2.14. The van der Waals surface area contributed by atoms with E-state index in [4.69, 9.17) is 15.5 Å². The maximum Gasteiger partial charge on any atom is 0.316 e. The summed E-state index contributed by atoms with van der Waals surface area (Å²) >= 11 is 0. The van der Waals surface area contributed by atoms with E-state index in [1.165, 1.54) is 0 Å². The van der Waals surface area contributed by atoms with Crippen molar-refractivity contribution in [2.24, 2.45) is 0 Å². The first-order valence-corrected chi connectivity index (χ1v) is 4.74. The Labute approximate surface area is 67.9 Å². The summed E-state index contributed by atoms with van der Waals surface area (Å²) in [6, 6.07) is 0. The molecule has 0 aromatic carbocycles. The van der Waals surface area contributed by atoms with Crippen LogP contribution in [0.5, 0.6) is 0 Å². The average molecular weight is 181 g/mol. The van der Waals surface area contributed by atoms with Gasteiger partial charge in [0.1, 0.15) is 0 Å². The SMILES string of the molecule is [2H]CC1OC(C)CC1O[PH](=O)O. The minimum Gasteiger partial charge on any atom is -0.373 e. The Morgan fingerprint density at radius 1 is 1.91 bits per heavy atom. The molecule has 0 saturated carbocycles. The lowest BCUT2D eigenvalue weighted by molar-refractivity contribution is 0.0351. The van der Waals surface area contributed by atoms with Crippen LogP contribution < -0.4 is 0 Å². The molecule has 1 fully saturated rings. The van der Waals surface area contributed by atoms with Crippen molar-refractivity contribution in [3.8, 4) is 0 Å². The molecule has 66 valence electrons. The molecule has 0 aromatic heterocycles. The molecule has 1 N–H and O–H groups in total. The van der Waals surface area contributed by atoms with E-state index in [1.54, 1.807) is 0 Å². The molecule has 0 radical (unpaired) electrons. The predicted molar refractivity (Wildman–Crippen MR) is 40.7 cm³/mol. The Hall–Kier alpha value is 0.110. The van der Waals surface area contributed by atoms with Crippen LogP contribution in [0.4, 0.5) is 0 Å². The van der Waals surface area contributed by atoms with Crippen molar-refractivity contribution in [3.63, 3.8) is 0 Å². The van der Waals surface area contributed by atoms with Gasteiger partial charge in [0.05, 0.1) is 18.3 Å². The van der Waals surface area contributed by atoms with Crippen molar-refractivity contribution < 1.29 is 20.1 Å².